The SMILES string of the molecule is CCCCC(Cc1cc(C(C)(C)C)c(O)c(C(C)(C)C)c1)(C(=O)OC1CC(C)(C)N(C)C(C)(C)C1)C(=O)OC1CC(C)(C)N(C)C(C)(C)C1.CN1C(C)(C)CC(OC(=O)CCCCCCCCC(=O)OC2CC(C)(C)N(C)C(C)(C)C2)CC1(C)C. The quantitative estimate of drug-likeness (QED) is 0.0574. The van der Waals surface area contributed by atoms with E-state index >= 15 is 0 Å². The molecule has 5 rings (SSSR count). The first-order chi connectivity index (χ1) is 38.5. The third-order valence-corrected chi connectivity index (χ3v) is 21.3. The number of phenolic OH excluding ortho intramolecular Hbond substituents is 1. The van der Waals surface area contributed by atoms with Gasteiger partial charge in [-0.05, 0) is 192 Å². The number of carbonyl (C=O) groups is 4. The number of nitrogens with zero attached hydrogens (tertiary/aromatic N) is 4. The molecule has 4 aliphatic heterocycles. The van der Waals surface area contributed by atoms with Crippen LogP contribution >= 0.6 is 0 Å². The first-order valence-electron chi connectivity index (χ1n) is 33.1. The number of piperidine rings is 4. The molecule has 1 aromatic carbocycles. The number of ether oxygens (including phenoxy) is 4. The summed E-state index contributed by atoms with van der Waals surface area (Å²) in [6.07, 6.45) is 14.6. The molecule has 0 unspecified atom stereocenters. The van der Waals surface area contributed by atoms with Crippen molar-refractivity contribution in [3.8, 4) is 5.75 Å². The predicted molar refractivity (Wildman–Crippen MR) is 348 cm³/mol. The van der Waals surface area contributed by atoms with Crippen molar-refractivity contribution in [1.29, 1.82) is 0 Å². The summed E-state index contributed by atoms with van der Waals surface area (Å²) >= 11 is 0. The monoisotopic (exact) mass is 1190 g/mol. The molecule has 4 aliphatic rings. The van der Waals surface area contributed by atoms with E-state index in [1.165, 1.54) is 0 Å². The lowest BCUT2D eigenvalue weighted by molar-refractivity contribution is -0.188. The third kappa shape index (κ3) is 19.1. The van der Waals surface area contributed by atoms with Gasteiger partial charge in [0.05, 0.1) is 0 Å². The standard InChI is InChI=1S/C42H72N2O5.C30H56N2O4/c1-18-19-20-42(34(46)48-29-24-38(8,9)43(16)39(10,11)25-29,35(47)49-30-26-40(12,13)44(17)41(14,15)27-30)23-28-21-31(36(2,3)4)33(45)32(22-28)37(5,6)7;1-27(2)19-23(20-28(3,4)31(27)9)35-25(33)17-15-13-11-12-14-16-18-26(34)36-24-21-29(5,6)32(10)30(7,8)22-24/h21-22,29-30,45H,18-20,23-27H2,1-17H3;23-24H,11-22H2,1-10H3. The minimum absolute atomic E-state index is 0.00474. The van der Waals surface area contributed by atoms with E-state index in [2.05, 4.69) is 207 Å². The van der Waals surface area contributed by atoms with Gasteiger partial charge in [0.15, 0.2) is 5.41 Å². The van der Waals surface area contributed by atoms with Crippen LogP contribution < -0.4 is 0 Å². The number of hydrogen-bond acceptors (Lipinski definition) is 13. The van der Waals surface area contributed by atoms with Crippen LogP contribution in [-0.2, 0) is 55.4 Å². The van der Waals surface area contributed by atoms with E-state index in [1.807, 2.05) is 12.1 Å². The van der Waals surface area contributed by atoms with E-state index < -0.39 is 17.4 Å². The first kappa shape index (κ1) is 74.2. The van der Waals surface area contributed by atoms with Gasteiger partial charge in [-0.3, -0.25) is 38.8 Å². The molecule has 1 N–H and O–H groups in total. The summed E-state index contributed by atoms with van der Waals surface area (Å²) in [6, 6.07) is 3.99. The average molecular weight is 1190 g/mol. The van der Waals surface area contributed by atoms with Gasteiger partial charge in [0.2, 0.25) is 0 Å². The minimum atomic E-state index is -1.54. The highest BCUT2D eigenvalue weighted by Crippen LogP contribution is 2.47. The van der Waals surface area contributed by atoms with Crippen LogP contribution in [0.4, 0.5) is 0 Å². The Morgan fingerprint density at radius 1 is 0.435 bits per heavy atom. The van der Waals surface area contributed by atoms with Crippen molar-refractivity contribution in [3.63, 3.8) is 0 Å². The van der Waals surface area contributed by atoms with Crippen molar-refractivity contribution in [2.24, 2.45) is 5.41 Å². The molecule has 85 heavy (non-hydrogen) atoms. The zero-order valence-electron chi connectivity index (χ0n) is 59.6. The van der Waals surface area contributed by atoms with Crippen LogP contribution in [0.2, 0.25) is 0 Å². The summed E-state index contributed by atoms with van der Waals surface area (Å²) in [4.78, 5) is 64.3. The number of unbranched alkanes of at least 4 members (excludes halogenated alkanes) is 6. The van der Waals surface area contributed by atoms with Gasteiger partial charge in [-0.2, -0.15) is 0 Å². The Hall–Kier alpha value is -3.26. The van der Waals surface area contributed by atoms with E-state index in [1.54, 1.807) is 0 Å². The van der Waals surface area contributed by atoms with E-state index in [0.29, 0.717) is 51.4 Å². The number of esters is 4. The number of aromatic hydroxyl groups is 1. The summed E-state index contributed by atoms with van der Waals surface area (Å²) < 4.78 is 24.8. The second-order valence-corrected chi connectivity index (χ2v) is 34.2. The Morgan fingerprint density at radius 2 is 0.682 bits per heavy atom. The maximum absolute atomic E-state index is 15.0. The lowest BCUT2D eigenvalue weighted by Gasteiger charge is -2.53. The molecule has 0 saturated carbocycles. The minimum Gasteiger partial charge on any atom is -0.507 e. The van der Waals surface area contributed by atoms with Crippen LogP contribution in [-0.4, -0.2) is 146 Å². The van der Waals surface area contributed by atoms with Gasteiger partial charge < -0.3 is 24.1 Å². The largest absolute Gasteiger partial charge is 0.507 e. The maximum atomic E-state index is 15.0. The molecule has 4 saturated heterocycles. The second kappa shape index (κ2) is 27.5. The zero-order valence-corrected chi connectivity index (χ0v) is 59.6. The second-order valence-electron chi connectivity index (χ2n) is 34.2. The number of phenols is 1. The smallest absolute Gasteiger partial charge is 0.324 e. The van der Waals surface area contributed by atoms with Crippen molar-refractivity contribution in [2.45, 2.75) is 367 Å². The molecule has 0 aromatic heterocycles. The van der Waals surface area contributed by atoms with Crippen LogP contribution in [0.5, 0.6) is 5.75 Å². The Labute approximate surface area is 519 Å². The van der Waals surface area contributed by atoms with E-state index in [9.17, 15) is 24.3 Å². The summed E-state index contributed by atoms with van der Waals surface area (Å²) in [5, 5.41) is 11.5. The van der Waals surface area contributed by atoms with Gasteiger partial charge in [0.25, 0.3) is 0 Å². The molecular weight excluding hydrogens is 1060 g/mol. The molecule has 13 heteroatoms. The molecule has 0 spiro atoms. The maximum Gasteiger partial charge on any atom is 0.324 e. The van der Waals surface area contributed by atoms with Crippen molar-refractivity contribution in [3.05, 3.63) is 28.8 Å². The molecule has 1 aromatic rings. The van der Waals surface area contributed by atoms with E-state index in [4.69, 9.17) is 18.9 Å². The van der Waals surface area contributed by atoms with E-state index in [0.717, 1.165) is 87.3 Å². The Bertz CT molecular complexity index is 2190. The van der Waals surface area contributed by atoms with Crippen LogP contribution in [0.25, 0.3) is 0 Å². The highest BCUT2D eigenvalue weighted by molar-refractivity contribution is 6.00. The normalized spacial score (nSPS) is 23.1. The summed E-state index contributed by atoms with van der Waals surface area (Å²) in [5.74, 6) is -0.805. The van der Waals surface area contributed by atoms with Gasteiger partial charge >= 0.3 is 23.9 Å². The van der Waals surface area contributed by atoms with Crippen molar-refractivity contribution in [2.75, 3.05) is 28.2 Å². The lowest BCUT2D eigenvalue weighted by Crippen LogP contribution is -2.61. The van der Waals surface area contributed by atoms with Gasteiger partial charge in [-0.25, -0.2) is 0 Å². The number of carbonyl (C=O) groups excluding carboxylic acids is 4. The van der Waals surface area contributed by atoms with Gasteiger partial charge in [0, 0.05) is 109 Å². The Morgan fingerprint density at radius 3 is 0.929 bits per heavy atom. The summed E-state index contributed by atoms with van der Waals surface area (Å²) in [5.41, 5.74) is -0.453. The fourth-order valence-electron chi connectivity index (χ4n) is 15.0. The van der Waals surface area contributed by atoms with Crippen molar-refractivity contribution < 1.29 is 43.2 Å². The molecule has 0 aliphatic carbocycles. The van der Waals surface area contributed by atoms with E-state index in [-0.39, 0.29) is 104 Å². The van der Waals surface area contributed by atoms with Gasteiger partial charge in [-0.1, -0.05) is 99.1 Å². The fourth-order valence-corrected chi connectivity index (χ4v) is 15.0. The van der Waals surface area contributed by atoms with Crippen molar-refractivity contribution in [1.82, 2.24) is 19.6 Å². The topological polar surface area (TPSA) is 138 Å². The molecule has 490 valence electrons. The molecular formula is C72H128N4O9. The number of likely N-dealkylation sites (tertiary alicyclic amines) is 4. The number of benzene rings is 1. The zero-order chi connectivity index (χ0) is 65.1. The summed E-state index contributed by atoms with van der Waals surface area (Å²) in [6.45, 7) is 49.9. The molecule has 4 heterocycles. The number of hydrogen-bond donors (Lipinski definition) is 1. The van der Waals surface area contributed by atoms with Crippen LogP contribution in [0.3, 0.4) is 0 Å². The van der Waals surface area contributed by atoms with Crippen LogP contribution in [0.1, 0.15) is 298 Å². The molecule has 0 amide bonds. The molecule has 0 radical (unpaired) electrons. The first-order valence-corrected chi connectivity index (χ1v) is 33.1. The Kier molecular flexibility index (Phi) is 24.0. The predicted octanol–water partition coefficient (Wildman–Crippen LogP) is 15.6. The van der Waals surface area contributed by atoms with Crippen LogP contribution in [0, 0.1) is 5.41 Å². The molecule has 0 atom stereocenters. The average Bonchev–Trinajstić information content (AvgIpc) is 3.07. The molecule has 4 fully saturated rings. The van der Waals surface area contributed by atoms with Crippen LogP contribution in [0.15, 0.2) is 12.1 Å². The van der Waals surface area contributed by atoms with Crippen molar-refractivity contribution >= 4 is 23.9 Å². The van der Waals surface area contributed by atoms with Gasteiger partial charge in [0.1, 0.15) is 30.2 Å². The third-order valence-electron chi connectivity index (χ3n) is 21.3. The fraction of sp³-hybridized carbons (Fsp3) is 0.861. The highest BCUT2D eigenvalue weighted by Gasteiger charge is 2.54. The molecule has 0 bridgehead atoms. The van der Waals surface area contributed by atoms with Gasteiger partial charge in [-0.15, -0.1) is 0 Å². The molecule has 13 nitrogen and oxygen atoms in total. The number of rotatable bonds is 20. The lowest BCUT2D eigenvalue weighted by atomic mass is 9.73. The highest BCUT2D eigenvalue weighted by atomic mass is 16.6. The summed E-state index contributed by atoms with van der Waals surface area (Å²) in [7, 11) is 8.60. The Balaban J connectivity index is 0.000000382.